The third-order valence-electron chi connectivity index (χ3n) is 5.05. The highest BCUT2D eigenvalue weighted by atomic mass is 32.2. The van der Waals surface area contributed by atoms with Crippen LogP contribution in [-0.4, -0.2) is 39.5 Å². The quantitative estimate of drug-likeness (QED) is 0.573. The summed E-state index contributed by atoms with van der Waals surface area (Å²) in [6, 6.07) is 7.68. The summed E-state index contributed by atoms with van der Waals surface area (Å²) in [5.74, 6) is 1.46. The molecule has 0 bridgehead atoms. The number of ether oxygens (including phenoxy) is 2. The lowest BCUT2D eigenvalue weighted by Crippen LogP contribution is -2.36. The van der Waals surface area contributed by atoms with Crippen LogP contribution in [0.3, 0.4) is 0 Å². The molecule has 0 radical (unpaired) electrons. The second kappa shape index (κ2) is 7.78. The number of anilines is 2. The van der Waals surface area contributed by atoms with Crippen LogP contribution in [0.4, 0.5) is 11.6 Å². The van der Waals surface area contributed by atoms with Gasteiger partial charge >= 0.3 is 0 Å². The molecule has 0 atom stereocenters. The molecule has 29 heavy (non-hydrogen) atoms. The van der Waals surface area contributed by atoms with Gasteiger partial charge in [-0.3, -0.25) is 4.79 Å². The van der Waals surface area contributed by atoms with Gasteiger partial charge in [0.25, 0.3) is 0 Å². The molecule has 0 spiro atoms. The Bertz CT molecular complexity index is 1120. The molecule has 5 rings (SSSR count). The second-order valence-corrected chi connectivity index (χ2v) is 8.63. The van der Waals surface area contributed by atoms with Crippen LogP contribution in [0.1, 0.15) is 0 Å². The minimum Gasteiger partial charge on any atom is -0.489 e. The average molecular weight is 429 g/mol. The lowest BCUT2D eigenvalue weighted by atomic mass is 10.1. The highest BCUT2D eigenvalue weighted by Gasteiger charge is 2.22. The van der Waals surface area contributed by atoms with Crippen molar-refractivity contribution in [2.45, 2.75) is 0 Å². The predicted octanol–water partition coefficient (Wildman–Crippen LogP) is 4.35. The van der Waals surface area contributed by atoms with Gasteiger partial charge in [-0.05, 0) is 35.1 Å². The van der Waals surface area contributed by atoms with Gasteiger partial charge in [-0.1, -0.05) is 12.6 Å². The summed E-state index contributed by atoms with van der Waals surface area (Å²) in [4.78, 5) is 14.8. The molecule has 150 valence electrons. The number of nitrogens with zero attached hydrogens (tertiary/aromatic N) is 2. The van der Waals surface area contributed by atoms with Crippen molar-refractivity contribution in [3.63, 3.8) is 0 Å². The van der Waals surface area contributed by atoms with Crippen molar-refractivity contribution in [2.75, 3.05) is 48.7 Å². The Balaban J connectivity index is 1.60. The van der Waals surface area contributed by atoms with Crippen molar-refractivity contribution in [3.05, 3.63) is 51.9 Å². The van der Waals surface area contributed by atoms with Gasteiger partial charge in [0, 0.05) is 30.1 Å². The fourth-order valence-corrected chi connectivity index (χ4v) is 5.16. The van der Waals surface area contributed by atoms with E-state index in [2.05, 4.69) is 21.9 Å². The van der Waals surface area contributed by atoms with Gasteiger partial charge in [0.1, 0.15) is 17.1 Å². The number of benzene rings is 1. The third kappa shape index (κ3) is 3.41. The molecule has 2 aliphatic heterocycles. The molecule has 3 aromatic rings. The zero-order valence-electron chi connectivity index (χ0n) is 15.8. The summed E-state index contributed by atoms with van der Waals surface area (Å²) >= 11 is 2.98. The van der Waals surface area contributed by atoms with E-state index in [0.29, 0.717) is 36.0 Å². The summed E-state index contributed by atoms with van der Waals surface area (Å²) in [6.07, 6.45) is 0. The first-order valence-corrected chi connectivity index (χ1v) is 11.2. The number of thiophene rings is 1. The van der Waals surface area contributed by atoms with Gasteiger partial charge < -0.3 is 23.1 Å². The normalized spacial score (nSPS) is 16.6. The minimum absolute atomic E-state index is 0.00544. The van der Waals surface area contributed by atoms with E-state index in [1.807, 2.05) is 22.9 Å². The summed E-state index contributed by atoms with van der Waals surface area (Å²) in [6.45, 7) is 7.97. The molecule has 2 aromatic heterocycles. The molecular weight excluding hydrogens is 408 g/mol. The van der Waals surface area contributed by atoms with Crippen molar-refractivity contribution >= 4 is 45.1 Å². The molecular formula is C21H20N2O4S2. The molecule has 1 aromatic carbocycles. The summed E-state index contributed by atoms with van der Waals surface area (Å²) < 4.78 is 20.3. The first kappa shape index (κ1) is 18.6. The molecule has 1 fully saturated rings. The average Bonchev–Trinajstić information content (AvgIpc) is 3.19. The Labute approximate surface area is 176 Å². The van der Waals surface area contributed by atoms with Crippen molar-refractivity contribution in [1.82, 2.24) is 0 Å². The standard InChI is InChI=1S/C21H20N2O4S2/c1-2-29-23-7-10-26-18-4-3-14(11-16(18)23)15-13-28-21-17(24)12-19(27-20(15)21)22-5-8-25-9-6-22/h2-4,11-13H,1,5-10H2. The van der Waals surface area contributed by atoms with Crippen LogP contribution in [0, 0.1) is 0 Å². The van der Waals surface area contributed by atoms with Crippen LogP contribution in [-0.2, 0) is 4.74 Å². The second-order valence-electron chi connectivity index (χ2n) is 6.76. The van der Waals surface area contributed by atoms with E-state index in [-0.39, 0.29) is 5.43 Å². The highest BCUT2D eigenvalue weighted by molar-refractivity contribution is 8.03. The lowest BCUT2D eigenvalue weighted by molar-refractivity contribution is 0.121. The first-order valence-electron chi connectivity index (χ1n) is 9.45. The zero-order valence-corrected chi connectivity index (χ0v) is 17.4. The van der Waals surface area contributed by atoms with Crippen molar-refractivity contribution in [3.8, 4) is 16.9 Å². The van der Waals surface area contributed by atoms with Crippen molar-refractivity contribution in [1.29, 1.82) is 0 Å². The summed E-state index contributed by atoms with van der Waals surface area (Å²) in [7, 11) is 0. The molecule has 0 saturated carbocycles. The Morgan fingerprint density at radius 3 is 2.83 bits per heavy atom. The fourth-order valence-electron chi connectivity index (χ4n) is 3.63. The molecule has 6 nitrogen and oxygen atoms in total. The van der Waals surface area contributed by atoms with E-state index >= 15 is 0 Å². The molecule has 4 heterocycles. The van der Waals surface area contributed by atoms with Crippen LogP contribution in [0.2, 0.25) is 0 Å². The smallest absolute Gasteiger partial charge is 0.204 e. The van der Waals surface area contributed by atoms with Crippen LogP contribution in [0.25, 0.3) is 21.4 Å². The Hall–Kier alpha value is -2.42. The fraction of sp³-hybridized carbons (Fsp3) is 0.286. The van der Waals surface area contributed by atoms with Gasteiger partial charge in [-0.25, -0.2) is 0 Å². The van der Waals surface area contributed by atoms with E-state index in [1.165, 1.54) is 11.3 Å². The van der Waals surface area contributed by atoms with Crippen LogP contribution >= 0.6 is 23.3 Å². The monoisotopic (exact) mass is 428 g/mol. The Morgan fingerprint density at radius 2 is 2.00 bits per heavy atom. The van der Waals surface area contributed by atoms with Crippen LogP contribution in [0.15, 0.2) is 50.8 Å². The third-order valence-corrected chi connectivity index (χ3v) is 6.80. The lowest BCUT2D eigenvalue weighted by Gasteiger charge is -2.29. The van der Waals surface area contributed by atoms with E-state index in [9.17, 15) is 4.79 Å². The van der Waals surface area contributed by atoms with E-state index in [1.54, 1.807) is 18.0 Å². The first-order chi connectivity index (χ1) is 14.2. The summed E-state index contributed by atoms with van der Waals surface area (Å²) in [5.41, 5.74) is 3.56. The number of hydrogen-bond acceptors (Lipinski definition) is 8. The van der Waals surface area contributed by atoms with Crippen molar-refractivity contribution in [2.24, 2.45) is 0 Å². The van der Waals surface area contributed by atoms with Gasteiger partial charge in [-0.15, -0.1) is 11.3 Å². The number of fused-ring (bicyclic) bond motifs is 2. The SMILES string of the molecule is C=CSN1CCOc2ccc(-c3csc4c(=O)cc(N5CCOCC5)oc34)cc21. The Morgan fingerprint density at radius 1 is 1.14 bits per heavy atom. The van der Waals surface area contributed by atoms with E-state index in [4.69, 9.17) is 13.9 Å². The number of morpholine rings is 1. The highest BCUT2D eigenvalue weighted by Crippen LogP contribution is 2.41. The molecule has 8 heteroatoms. The molecule has 1 saturated heterocycles. The van der Waals surface area contributed by atoms with Gasteiger partial charge in [0.05, 0.1) is 25.4 Å². The van der Waals surface area contributed by atoms with Crippen molar-refractivity contribution < 1.29 is 13.9 Å². The van der Waals surface area contributed by atoms with E-state index in [0.717, 1.165) is 42.2 Å². The predicted molar refractivity (Wildman–Crippen MR) is 119 cm³/mol. The molecule has 0 unspecified atom stereocenters. The van der Waals surface area contributed by atoms with Gasteiger partial charge in [0.2, 0.25) is 5.43 Å². The molecule has 0 amide bonds. The number of rotatable bonds is 4. The molecule has 0 N–H and O–H groups in total. The molecule has 2 aliphatic rings. The largest absolute Gasteiger partial charge is 0.489 e. The topological polar surface area (TPSA) is 55.2 Å². The maximum atomic E-state index is 12.7. The van der Waals surface area contributed by atoms with Crippen LogP contribution < -0.4 is 19.4 Å². The van der Waals surface area contributed by atoms with E-state index < -0.39 is 0 Å². The zero-order chi connectivity index (χ0) is 19.8. The Kier molecular flexibility index (Phi) is 4.99. The van der Waals surface area contributed by atoms with Crippen LogP contribution in [0.5, 0.6) is 5.75 Å². The number of hydrogen-bond donors (Lipinski definition) is 0. The summed E-state index contributed by atoms with van der Waals surface area (Å²) in [5, 5.41) is 3.81. The maximum Gasteiger partial charge on any atom is 0.204 e. The van der Waals surface area contributed by atoms with Gasteiger partial charge in [0.15, 0.2) is 11.5 Å². The van der Waals surface area contributed by atoms with Gasteiger partial charge in [-0.2, -0.15) is 0 Å². The molecule has 0 aliphatic carbocycles. The minimum atomic E-state index is -0.00544. The maximum absolute atomic E-state index is 12.7.